The van der Waals surface area contributed by atoms with E-state index in [9.17, 15) is 13.6 Å². The Hall–Kier alpha value is -3.52. The summed E-state index contributed by atoms with van der Waals surface area (Å²) in [5.74, 6) is 0.299. The van der Waals surface area contributed by atoms with Gasteiger partial charge in [0.25, 0.3) is 0 Å². The van der Waals surface area contributed by atoms with Crippen molar-refractivity contribution in [1.82, 2.24) is 0 Å². The summed E-state index contributed by atoms with van der Waals surface area (Å²) < 4.78 is 26.4. The van der Waals surface area contributed by atoms with Crippen LogP contribution in [0.2, 0.25) is 0 Å². The first-order chi connectivity index (χ1) is 14.4. The molecule has 0 fully saturated rings. The standard InChI is InChI=1S/C19H18F2N2O.C3H6.C3H4/c1-3-4-11-23(2)19-8-6-5-7-15(19)18(13-24)22-14-9-10-16(20)17(21)12-14;2*1-3-2/h3-10,12-13H,11H2,1-2H3;3H,1H2,2H3;1H,2H3/b4-3-,22-18?;;. The SMILES string of the molecule is C#CC.C/C=C\CN(C)c1ccccc1C(C=O)=Nc1ccc(F)c(F)c1.C=CC. The van der Waals surface area contributed by atoms with Crippen LogP contribution in [-0.4, -0.2) is 25.6 Å². The van der Waals surface area contributed by atoms with E-state index in [0.29, 0.717) is 18.4 Å². The molecule has 2 rings (SSSR count). The van der Waals surface area contributed by atoms with E-state index in [0.717, 1.165) is 17.8 Å². The van der Waals surface area contributed by atoms with Crippen LogP contribution in [0.4, 0.5) is 20.2 Å². The zero-order valence-corrected chi connectivity index (χ0v) is 17.9. The maximum absolute atomic E-state index is 13.3. The van der Waals surface area contributed by atoms with Crippen molar-refractivity contribution >= 4 is 23.4 Å². The number of hydrogen-bond donors (Lipinski definition) is 0. The highest BCUT2D eigenvalue weighted by Gasteiger charge is 2.12. The Bertz CT molecular complexity index is 912. The average Bonchev–Trinajstić information content (AvgIpc) is 2.74. The summed E-state index contributed by atoms with van der Waals surface area (Å²) in [6, 6.07) is 10.6. The number of nitrogens with zero attached hydrogens (tertiary/aromatic N) is 2. The van der Waals surface area contributed by atoms with Crippen LogP contribution in [0.1, 0.15) is 26.3 Å². The predicted octanol–water partition coefficient (Wildman–Crippen LogP) is 6.13. The Labute approximate surface area is 178 Å². The number of benzene rings is 2. The number of anilines is 1. The lowest BCUT2D eigenvalue weighted by molar-refractivity contribution is -0.102. The number of carbonyl (C=O) groups is 1. The first kappa shape index (κ1) is 26.5. The second kappa shape index (κ2) is 15.4. The molecule has 0 spiro atoms. The molecule has 0 radical (unpaired) electrons. The van der Waals surface area contributed by atoms with Gasteiger partial charge in [-0.15, -0.1) is 18.9 Å². The Morgan fingerprint density at radius 3 is 2.33 bits per heavy atom. The van der Waals surface area contributed by atoms with Crippen molar-refractivity contribution in [2.45, 2.75) is 20.8 Å². The Morgan fingerprint density at radius 1 is 1.20 bits per heavy atom. The van der Waals surface area contributed by atoms with E-state index in [1.807, 2.05) is 50.1 Å². The molecule has 0 aliphatic carbocycles. The van der Waals surface area contributed by atoms with Crippen LogP contribution in [0.3, 0.4) is 0 Å². The number of hydrogen-bond acceptors (Lipinski definition) is 3. The molecule has 5 heteroatoms. The first-order valence-corrected chi connectivity index (χ1v) is 9.25. The van der Waals surface area contributed by atoms with Crippen LogP contribution in [0, 0.1) is 24.0 Å². The number of terminal acetylenes is 1. The summed E-state index contributed by atoms with van der Waals surface area (Å²) >= 11 is 0. The van der Waals surface area contributed by atoms with Gasteiger partial charge < -0.3 is 4.90 Å². The van der Waals surface area contributed by atoms with Crippen molar-refractivity contribution in [3.63, 3.8) is 0 Å². The van der Waals surface area contributed by atoms with Crippen LogP contribution < -0.4 is 4.90 Å². The van der Waals surface area contributed by atoms with Crippen LogP contribution in [0.25, 0.3) is 0 Å². The number of allylic oxidation sites excluding steroid dienone is 2. The van der Waals surface area contributed by atoms with Crippen LogP contribution in [0.5, 0.6) is 0 Å². The Morgan fingerprint density at radius 2 is 1.80 bits per heavy atom. The van der Waals surface area contributed by atoms with E-state index < -0.39 is 11.6 Å². The molecule has 0 atom stereocenters. The second-order valence-electron chi connectivity index (χ2n) is 5.88. The Balaban J connectivity index is 0.00000125. The van der Waals surface area contributed by atoms with Gasteiger partial charge in [-0.2, -0.15) is 0 Å². The molecule has 0 aliphatic heterocycles. The summed E-state index contributed by atoms with van der Waals surface area (Å²) in [5, 5.41) is 0. The van der Waals surface area contributed by atoms with Crippen LogP contribution in [-0.2, 0) is 4.79 Å². The summed E-state index contributed by atoms with van der Waals surface area (Å²) in [6.45, 7) is 9.51. The number of aldehydes is 1. The summed E-state index contributed by atoms with van der Waals surface area (Å²) in [5.41, 5.74) is 1.79. The minimum atomic E-state index is -1.00. The number of rotatable bonds is 6. The third-order valence-electron chi connectivity index (χ3n) is 3.47. The largest absolute Gasteiger partial charge is 0.370 e. The van der Waals surface area contributed by atoms with E-state index in [1.54, 1.807) is 25.1 Å². The molecule has 0 aliphatic rings. The zero-order valence-electron chi connectivity index (χ0n) is 17.9. The van der Waals surface area contributed by atoms with Gasteiger partial charge >= 0.3 is 0 Å². The van der Waals surface area contributed by atoms with Gasteiger partial charge in [0.2, 0.25) is 0 Å². The lowest BCUT2D eigenvalue weighted by Crippen LogP contribution is -2.20. The van der Waals surface area contributed by atoms with Crippen molar-refractivity contribution in [2.24, 2.45) is 4.99 Å². The summed E-state index contributed by atoms with van der Waals surface area (Å²) in [7, 11) is 1.90. The van der Waals surface area contributed by atoms with Crippen molar-refractivity contribution in [3.05, 3.63) is 84.5 Å². The number of likely N-dealkylation sites (N-methyl/N-ethyl adjacent to an activating group) is 1. The predicted molar refractivity (Wildman–Crippen MR) is 124 cm³/mol. The lowest BCUT2D eigenvalue weighted by atomic mass is 10.1. The fourth-order valence-electron chi connectivity index (χ4n) is 2.23. The zero-order chi connectivity index (χ0) is 22.9. The molecule has 3 nitrogen and oxygen atoms in total. The van der Waals surface area contributed by atoms with Gasteiger partial charge in [-0.25, -0.2) is 13.8 Å². The highest BCUT2D eigenvalue weighted by atomic mass is 19.2. The number of halogens is 2. The summed E-state index contributed by atoms with van der Waals surface area (Å²) in [4.78, 5) is 17.7. The molecular formula is C25H28F2N2O. The first-order valence-electron chi connectivity index (χ1n) is 9.25. The maximum atomic E-state index is 13.3. The third kappa shape index (κ3) is 9.11. The molecule has 2 aromatic carbocycles. The van der Waals surface area contributed by atoms with Gasteiger partial charge in [-0.1, -0.05) is 36.4 Å². The molecular weight excluding hydrogens is 382 g/mol. The monoisotopic (exact) mass is 410 g/mol. The highest BCUT2D eigenvalue weighted by Crippen LogP contribution is 2.23. The second-order valence-corrected chi connectivity index (χ2v) is 5.88. The van der Waals surface area contributed by atoms with Gasteiger partial charge in [0, 0.05) is 30.9 Å². The third-order valence-corrected chi connectivity index (χ3v) is 3.47. The van der Waals surface area contributed by atoms with Crippen LogP contribution >= 0.6 is 0 Å². The molecule has 0 amide bonds. The number of para-hydroxylation sites is 1. The van der Waals surface area contributed by atoms with E-state index in [2.05, 4.69) is 23.9 Å². The molecule has 0 unspecified atom stereocenters. The quantitative estimate of drug-likeness (QED) is 0.248. The fraction of sp³-hybridized carbons (Fsp3) is 0.200. The number of aliphatic imine (C=N–C) groups is 1. The van der Waals surface area contributed by atoms with E-state index in [-0.39, 0.29) is 11.4 Å². The number of carbonyl (C=O) groups excluding carboxylic acids is 1. The van der Waals surface area contributed by atoms with Gasteiger partial charge in [0.1, 0.15) is 5.71 Å². The molecule has 158 valence electrons. The van der Waals surface area contributed by atoms with Gasteiger partial charge in [-0.05, 0) is 39.0 Å². The normalized spacial score (nSPS) is 10.1. The van der Waals surface area contributed by atoms with Crippen molar-refractivity contribution in [3.8, 4) is 12.3 Å². The van der Waals surface area contributed by atoms with Crippen molar-refractivity contribution in [2.75, 3.05) is 18.5 Å². The molecule has 0 aromatic heterocycles. The molecule has 0 saturated heterocycles. The Kier molecular flexibility index (Phi) is 13.6. The maximum Gasteiger partial charge on any atom is 0.169 e. The summed E-state index contributed by atoms with van der Waals surface area (Å²) in [6.07, 6.45) is 10.9. The molecule has 0 saturated carbocycles. The molecule has 0 heterocycles. The highest BCUT2D eigenvalue weighted by molar-refractivity contribution is 6.38. The van der Waals surface area contributed by atoms with Crippen molar-refractivity contribution < 1.29 is 13.6 Å². The molecule has 30 heavy (non-hydrogen) atoms. The van der Waals surface area contributed by atoms with Gasteiger partial charge in [0.15, 0.2) is 17.9 Å². The van der Waals surface area contributed by atoms with E-state index >= 15 is 0 Å². The lowest BCUT2D eigenvalue weighted by Gasteiger charge is -2.20. The average molecular weight is 411 g/mol. The molecule has 0 N–H and O–H groups in total. The van der Waals surface area contributed by atoms with Crippen LogP contribution in [0.15, 0.2) is 72.3 Å². The fourth-order valence-corrected chi connectivity index (χ4v) is 2.23. The molecule has 0 bridgehead atoms. The molecule has 2 aromatic rings. The van der Waals surface area contributed by atoms with Gasteiger partial charge in [0.05, 0.1) is 5.69 Å². The smallest absolute Gasteiger partial charge is 0.169 e. The minimum absolute atomic E-state index is 0.156. The van der Waals surface area contributed by atoms with Gasteiger partial charge in [-0.3, -0.25) is 4.79 Å². The van der Waals surface area contributed by atoms with E-state index in [4.69, 9.17) is 0 Å². The topological polar surface area (TPSA) is 32.7 Å². The van der Waals surface area contributed by atoms with Crippen molar-refractivity contribution in [1.29, 1.82) is 0 Å². The minimum Gasteiger partial charge on any atom is -0.370 e. The van der Waals surface area contributed by atoms with E-state index in [1.165, 1.54) is 6.07 Å².